The van der Waals surface area contributed by atoms with Crippen molar-refractivity contribution in [1.29, 1.82) is 0 Å². The Hall–Kier alpha value is -2.15. The average molecular weight is 294 g/mol. The maximum absolute atomic E-state index is 13.5. The molecule has 0 aliphatic rings. The first-order chi connectivity index (χ1) is 9.80. The first-order valence-corrected chi connectivity index (χ1v) is 6.63. The van der Waals surface area contributed by atoms with Crippen molar-refractivity contribution in [3.05, 3.63) is 29.8 Å². The zero-order valence-corrected chi connectivity index (χ0v) is 12.3. The highest BCUT2D eigenvalue weighted by atomic mass is 19.1. The molecule has 2 heterocycles. The number of pyridine rings is 1. The van der Waals surface area contributed by atoms with Gasteiger partial charge in [0.05, 0.1) is 12.2 Å². The zero-order valence-electron chi connectivity index (χ0n) is 12.3. The Labute approximate surface area is 121 Å². The zero-order chi connectivity index (χ0) is 15.6. The van der Waals surface area contributed by atoms with Gasteiger partial charge in [0.25, 0.3) is 5.91 Å². The van der Waals surface area contributed by atoms with Crippen LogP contribution in [0.2, 0.25) is 0 Å². The normalized spacial score (nSPS) is 11.7. The number of hydroxylamine groups is 1. The van der Waals surface area contributed by atoms with Gasteiger partial charge < -0.3 is 5.32 Å². The van der Waals surface area contributed by atoms with Crippen molar-refractivity contribution < 1.29 is 14.4 Å². The standard InChI is InChI=1S/C14H19FN4O2/c1-14(2,3)6-10-13(16-7-12(20)18-21)17-11-5-4-9(15)8-19(10)11/h4-5,8,16,21H,6-7H2,1-3H3,(H,18,20). The lowest BCUT2D eigenvalue weighted by molar-refractivity contribution is -0.127. The van der Waals surface area contributed by atoms with Crippen molar-refractivity contribution in [2.45, 2.75) is 27.2 Å². The smallest absolute Gasteiger partial charge is 0.262 e. The van der Waals surface area contributed by atoms with E-state index in [2.05, 4.69) is 31.1 Å². The van der Waals surface area contributed by atoms with Crippen LogP contribution < -0.4 is 10.8 Å². The van der Waals surface area contributed by atoms with E-state index in [9.17, 15) is 9.18 Å². The molecule has 2 rings (SSSR count). The summed E-state index contributed by atoms with van der Waals surface area (Å²) in [4.78, 5) is 15.5. The monoisotopic (exact) mass is 294 g/mol. The molecule has 2 aromatic heterocycles. The number of carbonyl (C=O) groups is 1. The predicted molar refractivity (Wildman–Crippen MR) is 76.7 cm³/mol. The number of halogens is 1. The van der Waals surface area contributed by atoms with Crippen molar-refractivity contribution in [2.24, 2.45) is 5.41 Å². The molecular formula is C14H19FN4O2. The second-order valence-electron chi connectivity index (χ2n) is 6.11. The molecule has 0 bridgehead atoms. The average Bonchev–Trinajstić information content (AvgIpc) is 2.72. The third-order valence-corrected chi connectivity index (χ3v) is 2.92. The molecule has 2 aromatic rings. The molecule has 0 fully saturated rings. The maximum atomic E-state index is 13.5. The third-order valence-electron chi connectivity index (χ3n) is 2.92. The summed E-state index contributed by atoms with van der Waals surface area (Å²) in [7, 11) is 0. The maximum Gasteiger partial charge on any atom is 0.262 e. The number of nitrogens with zero attached hydrogens (tertiary/aromatic N) is 2. The van der Waals surface area contributed by atoms with Crippen LogP contribution in [0.4, 0.5) is 10.2 Å². The molecule has 0 radical (unpaired) electrons. The minimum atomic E-state index is -0.569. The van der Waals surface area contributed by atoms with Gasteiger partial charge in [-0.3, -0.25) is 14.4 Å². The van der Waals surface area contributed by atoms with Gasteiger partial charge in [-0.15, -0.1) is 0 Å². The first-order valence-electron chi connectivity index (χ1n) is 6.63. The summed E-state index contributed by atoms with van der Waals surface area (Å²) in [5.41, 5.74) is 2.91. The van der Waals surface area contributed by atoms with Crippen molar-refractivity contribution >= 4 is 17.4 Å². The Morgan fingerprint density at radius 3 is 2.76 bits per heavy atom. The molecule has 7 heteroatoms. The summed E-state index contributed by atoms with van der Waals surface area (Å²) in [6.07, 6.45) is 2.03. The van der Waals surface area contributed by atoms with E-state index >= 15 is 0 Å². The minimum Gasteiger partial charge on any atom is -0.359 e. The number of rotatable bonds is 4. The van der Waals surface area contributed by atoms with Gasteiger partial charge in [-0.2, -0.15) is 0 Å². The lowest BCUT2D eigenvalue weighted by Gasteiger charge is -2.19. The van der Waals surface area contributed by atoms with Crippen LogP contribution in [-0.4, -0.2) is 27.0 Å². The number of amides is 1. The second kappa shape index (κ2) is 5.69. The van der Waals surface area contributed by atoms with Gasteiger partial charge in [0.2, 0.25) is 0 Å². The number of hydrogen-bond acceptors (Lipinski definition) is 4. The summed E-state index contributed by atoms with van der Waals surface area (Å²) in [5.74, 6) is -0.409. The van der Waals surface area contributed by atoms with Crippen LogP contribution in [0.5, 0.6) is 0 Å². The minimum absolute atomic E-state index is 0.0298. The fraction of sp³-hybridized carbons (Fsp3) is 0.429. The molecule has 114 valence electrons. The fourth-order valence-electron chi connectivity index (χ4n) is 2.08. The highest BCUT2D eigenvalue weighted by Crippen LogP contribution is 2.27. The van der Waals surface area contributed by atoms with Crippen molar-refractivity contribution in [2.75, 3.05) is 11.9 Å². The van der Waals surface area contributed by atoms with Crippen molar-refractivity contribution in [3.8, 4) is 0 Å². The molecule has 6 nitrogen and oxygen atoms in total. The van der Waals surface area contributed by atoms with Crippen molar-refractivity contribution in [1.82, 2.24) is 14.9 Å². The van der Waals surface area contributed by atoms with Crippen LogP contribution in [0.25, 0.3) is 5.65 Å². The van der Waals surface area contributed by atoms with Gasteiger partial charge in [-0.25, -0.2) is 14.9 Å². The molecule has 0 unspecified atom stereocenters. The van der Waals surface area contributed by atoms with Crippen LogP contribution in [0, 0.1) is 11.2 Å². The Kier molecular flexibility index (Phi) is 4.13. The van der Waals surface area contributed by atoms with Crippen LogP contribution >= 0.6 is 0 Å². The van der Waals surface area contributed by atoms with E-state index in [0.717, 1.165) is 5.69 Å². The first kappa shape index (κ1) is 15.2. The number of aromatic nitrogens is 2. The number of carbonyl (C=O) groups excluding carboxylic acids is 1. The van der Waals surface area contributed by atoms with E-state index in [1.54, 1.807) is 15.9 Å². The summed E-state index contributed by atoms with van der Waals surface area (Å²) >= 11 is 0. The molecule has 0 aromatic carbocycles. The highest BCUT2D eigenvalue weighted by Gasteiger charge is 2.20. The molecule has 0 spiro atoms. The SMILES string of the molecule is CC(C)(C)Cc1c(NCC(=O)NO)nc2ccc(F)cn12. The number of nitrogens with one attached hydrogen (secondary N) is 2. The van der Waals surface area contributed by atoms with Crippen LogP contribution in [0.1, 0.15) is 26.5 Å². The van der Waals surface area contributed by atoms with Gasteiger partial charge in [0.15, 0.2) is 0 Å². The summed E-state index contributed by atoms with van der Waals surface area (Å²) in [6.45, 7) is 6.09. The second-order valence-corrected chi connectivity index (χ2v) is 6.11. The molecule has 0 saturated heterocycles. The van der Waals surface area contributed by atoms with Crippen molar-refractivity contribution in [3.63, 3.8) is 0 Å². The van der Waals surface area contributed by atoms with Crippen LogP contribution in [-0.2, 0) is 11.2 Å². The summed E-state index contributed by atoms with van der Waals surface area (Å²) in [5, 5.41) is 11.4. The van der Waals surface area contributed by atoms with Gasteiger partial charge in [0, 0.05) is 6.20 Å². The Morgan fingerprint density at radius 2 is 2.14 bits per heavy atom. The molecular weight excluding hydrogens is 275 g/mol. The Balaban J connectivity index is 2.42. The molecule has 3 N–H and O–H groups in total. The van der Waals surface area contributed by atoms with Gasteiger partial charge >= 0.3 is 0 Å². The molecule has 1 amide bonds. The van der Waals surface area contributed by atoms with Crippen LogP contribution in [0.15, 0.2) is 18.3 Å². The Bertz CT molecular complexity index is 661. The number of anilines is 1. The summed E-state index contributed by atoms with van der Waals surface area (Å²) < 4.78 is 15.1. The quantitative estimate of drug-likeness (QED) is 0.595. The van der Waals surface area contributed by atoms with E-state index < -0.39 is 5.91 Å². The number of hydrogen-bond donors (Lipinski definition) is 3. The third kappa shape index (κ3) is 3.69. The molecule has 0 saturated carbocycles. The van der Waals surface area contributed by atoms with Crippen LogP contribution in [0.3, 0.4) is 0 Å². The topological polar surface area (TPSA) is 78.7 Å². The highest BCUT2D eigenvalue weighted by molar-refractivity contribution is 5.79. The number of fused-ring (bicyclic) bond motifs is 1. The lowest BCUT2D eigenvalue weighted by Crippen LogP contribution is -2.27. The molecule has 0 aliphatic carbocycles. The van der Waals surface area contributed by atoms with Gasteiger partial charge in [-0.1, -0.05) is 20.8 Å². The van der Waals surface area contributed by atoms with E-state index in [4.69, 9.17) is 5.21 Å². The molecule has 21 heavy (non-hydrogen) atoms. The predicted octanol–water partition coefficient (Wildman–Crippen LogP) is 1.98. The number of imidazole rings is 1. The summed E-state index contributed by atoms with van der Waals surface area (Å²) in [6, 6.07) is 2.92. The lowest BCUT2D eigenvalue weighted by atomic mass is 9.90. The largest absolute Gasteiger partial charge is 0.359 e. The van der Waals surface area contributed by atoms with E-state index in [0.29, 0.717) is 17.9 Å². The molecule has 0 aliphatic heterocycles. The van der Waals surface area contributed by atoms with Gasteiger partial charge in [0.1, 0.15) is 17.3 Å². The van der Waals surface area contributed by atoms with E-state index in [1.807, 2.05) is 0 Å². The fourth-order valence-corrected chi connectivity index (χ4v) is 2.08. The van der Waals surface area contributed by atoms with Gasteiger partial charge in [-0.05, 0) is 24.0 Å². The molecule has 0 atom stereocenters. The van der Waals surface area contributed by atoms with E-state index in [-0.39, 0.29) is 17.8 Å². The van der Waals surface area contributed by atoms with E-state index in [1.165, 1.54) is 12.3 Å². The Morgan fingerprint density at radius 1 is 1.43 bits per heavy atom.